The summed E-state index contributed by atoms with van der Waals surface area (Å²) in [6.45, 7) is 4.77. The van der Waals surface area contributed by atoms with Crippen LogP contribution in [0.4, 0.5) is 20.6 Å². The first-order chi connectivity index (χ1) is 19.6. The van der Waals surface area contributed by atoms with Gasteiger partial charge in [0.05, 0.1) is 11.9 Å². The van der Waals surface area contributed by atoms with Crippen LogP contribution < -0.4 is 19.7 Å². The Balaban J connectivity index is 1.26. The van der Waals surface area contributed by atoms with E-state index in [4.69, 9.17) is 4.74 Å². The maximum atomic E-state index is 14.5. The molecule has 41 heavy (non-hydrogen) atoms. The molecule has 1 fully saturated rings. The van der Waals surface area contributed by atoms with Gasteiger partial charge in [0.25, 0.3) is 0 Å². The predicted molar refractivity (Wildman–Crippen MR) is 159 cm³/mol. The van der Waals surface area contributed by atoms with Gasteiger partial charge in [-0.1, -0.05) is 25.5 Å². The first kappa shape index (κ1) is 30.1. The first-order valence-corrected chi connectivity index (χ1v) is 15.6. The molecule has 1 heterocycles. The van der Waals surface area contributed by atoms with Crippen LogP contribution in [0.25, 0.3) is 0 Å². The van der Waals surface area contributed by atoms with Crippen molar-refractivity contribution >= 4 is 27.4 Å². The van der Waals surface area contributed by atoms with E-state index in [0.717, 1.165) is 57.1 Å². The van der Waals surface area contributed by atoms with Gasteiger partial charge in [-0.25, -0.2) is 17.6 Å². The quantitative estimate of drug-likeness (QED) is 0.268. The lowest BCUT2D eigenvalue weighted by Crippen LogP contribution is -2.49. The predicted octanol–water partition coefficient (Wildman–Crippen LogP) is 5.68. The van der Waals surface area contributed by atoms with E-state index in [9.17, 15) is 22.7 Å². The van der Waals surface area contributed by atoms with Crippen LogP contribution in [0.5, 0.6) is 17.2 Å². The molecule has 0 radical (unpaired) electrons. The number of halogens is 1. The molecule has 0 spiro atoms. The van der Waals surface area contributed by atoms with Crippen molar-refractivity contribution in [2.75, 3.05) is 35.5 Å². The zero-order valence-electron chi connectivity index (χ0n) is 23.3. The number of unbranched alkanes of at least 4 members (excludes halogenated alkanes) is 1. The van der Waals surface area contributed by atoms with Gasteiger partial charge in [0, 0.05) is 44.0 Å². The van der Waals surface area contributed by atoms with Gasteiger partial charge in [0.1, 0.15) is 23.1 Å². The maximum Gasteiger partial charge on any atom is 0.322 e. The highest BCUT2D eigenvalue weighted by Crippen LogP contribution is 2.26. The number of amides is 2. The zero-order valence-corrected chi connectivity index (χ0v) is 24.2. The van der Waals surface area contributed by atoms with Gasteiger partial charge in [-0.3, -0.25) is 14.5 Å². The molecule has 0 bridgehead atoms. The van der Waals surface area contributed by atoms with E-state index in [1.54, 1.807) is 24.3 Å². The van der Waals surface area contributed by atoms with Crippen molar-refractivity contribution in [2.45, 2.75) is 45.2 Å². The highest BCUT2D eigenvalue weighted by atomic mass is 32.2. The lowest BCUT2D eigenvalue weighted by molar-refractivity contribution is 0.188. The van der Waals surface area contributed by atoms with Crippen LogP contribution in [0.3, 0.4) is 0 Å². The lowest BCUT2D eigenvalue weighted by Gasteiger charge is -2.34. The number of nitrogens with one attached hydrogen (secondary N) is 2. The molecular weight excluding hydrogens is 547 g/mol. The highest BCUT2D eigenvalue weighted by molar-refractivity contribution is 7.92. The van der Waals surface area contributed by atoms with Crippen molar-refractivity contribution in [3.05, 3.63) is 78.1 Å². The molecule has 4 rings (SSSR count). The van der Waals surface area contributed by atoms with E-state index in [2.05, 4.69) is 14.9 Å². The summed E-state index contributed by atoms with van der Waals surface area (Å²) in [7, 11) is -3.33. The number of anilines is 2. The monoisotopic (exact) mass is 584 g/mol. The highest BCUT2D eigenvalue weighted by Gasteiger charge is 2.25. The second kappa shape index (κ2) is 13.7. The third-order valence-electron chi connectivity index (χ3n) is 6.84. The Morgan fingerprint density at radius 3 is 2.29 bits per heavy atom. The molecule has 0 aliphatic carbocycles. The molecule has 220 valence electrons. The number of nitrogens with zero attached hydrogens (tertiary/aromatic N) is 2. The molecular formula is C30H37FN4O5S. The van der Waals surface area contributed by atoms with Crippen LogP contribution in [0.1, 0.15) is 38.2 Å². The Morgan fingerprint density at radius 1 is 1.05 bits per heavy atom. The Kier molecular flexibility index (Phi) is 10.1. The molecule has 0 unspecified atom stereocenters. The average molecular weight is 585 g/mol. The number of rotatable bonds is 11. The van der Waals surface area contributed by atoms with Crippen molar-refractivity contribution in [1.82, 2.24) is 10.2 Å². The molecule has 11 heteroatoms. The van der Waals surface area contributed by atoms with Gasteiger partial charge in [0.15, 0.2) is 0 Å². The van der Waals surface area contributed by atoms with Crippen molar-refractivity contribution in [2.24, 2.45) is 0 Å². The number of hydrogen-bond donors (Lipinski definition) is 3. The van der Waals surface area contributed by atoms with Gasteiger partial charge in [-0.05, 0) is 73.4 Å². The molecule has 3 aromatic carbocycles. The molecule has 9 nitrogen and oxygen atoms in total. The molecule has 0 saturated carbocycles. The normalized spacial score (nSPS) is 14.4. The van der Waals surface area contributed by atoms with E-state index < -0.39 is 15.8 Å². The Bertz CT molecular complexity index is 1410. The number of piperidine rings is 1. The van der Waals surface area contributed by atoms with E-state index >= 15 is 0 Å². The van der Waals surface area contributed by atoms with Crippen molar-refractivity contribution in [3.8, 4) is 17.2 Å². The van der Waals surface area contributed by atoms with Gasteiger partial charge >= 0.3 is 6.03 Å². The van der Waals surface area contributed by atoms with E-state index in [-0.39, 0.29) is 23.5 Å². The fourth-order valence-corrected chi connectivity index (χ4v) is 5.27. The average Bonchev–Trinajstić information content (AvgIpc) is 2.93. The fraction of sp³-hybridized carbons (Fsp3) is 0.367. The van der Waals surface area contributed by atoms with Crippen molar-refractivity contribution in [3.63, 3.8) is 0 Å². The molecule has 2 amide bonds. The summed E-state index contributed by atoms with van der Waals surface area (Å²) in [5.41, 5.74) is 1.69. The molecule has 0 atom stereocenters. The van der Waals surface area contributed by atoms with Crippen LogP contribution in [-0.2, 0) is 16.6 Å². The number of likely N-dealkylation sites (tertiary alicyclic amines) is 1. The Hall–Kier alpha value is -3.83. The van der Waals surface area contributed by atoms with Crippen LogP contribution in [0, 0.1) is 5.82 Å². The second-order valence-electron chi connectivity index (χ2n) is 10.3. The number of urea groups is 1. The number of sulfonamides is 1. The molecule has 1 aliphatic rings. The molecule has 1 aliphatic heterocycles. The summed E-state index contributed by atoms with van der Waals surface area (Å²) in [5, 5.41) is 12.9. The van der Waals surface area contributed by atoms with Gasteiger partial charge in [0.2, 0.25) is 10.0 Å². The van der Waals surface area contributed by atoms with E-state index in [1.807, 2.05) is 31.2 Å². The SMILES string of the molecule is CCCCN(C(=O)NC1CCN(Cc2ccc(Oc3ccc(NS(C)(=O)=O)cc3)cc2)CC1)c1cc(O)ccc1F. The Labute approximate surface area is 241 Å². The number of phenols is 1. The number of hydrogen-bond acceptors (Lipinski definition) is 6. The minimum absolute atomic E-state index is 0.0157. The van der Waals surface area contributed by atoms with Crippen LogP contribution in [-0.4, -0.2) is 56.4 Å². The number of ether oxygens (including phenoxy) is 1. The van der Waals surface area contributed by atoms with E-state index in [0.29, 0.717) is 23.7 Å². The largest absolute Gasteiger partial charge is 0.508 e. The standard InChI is InChI=1S/C30H37FN4O5S/c1-3-4-17-35(29-20-25(36)9-14-28(29)31)30(37)32-23-15-18-34(19-16-23)21-22-5-10-26(11-6-22)40-27-12-7-24(8-13-27)33-41(2,38)39/h5-14,20,23,33,36H,3-4,15-19,21H2,1-2H3,(H,32,37). The Morgan fingerprint density at radius 2 is 1.68 bits per heavy atom. The second-order valence-corrected chi connectivity index (χ2v) is 12.0. The molecule has 0 aromatic heterocycles. The summed E-state index contributed by atoms with van der Waals surface area (Å²) in [6, 6.07) is 17.9. The third-order valence-corrected chi connectivity index (χ3v) is 7.45. The summed E-state index contributed by atoms with van der Waals surface area (Å²) in [6.07, 6.45) is 4.24. The smallest absolute Gasteiger partial charge is 0.322 e. The van der Waals surface area contributed by atoms with Crippen LogP contribution in [0.2, 0.25) is 0 Å². The minimum Gasteiger partial charge on any atom is -0.508 e. The minimum atomic E-state index is -3.33. The fourth-order valence-electron chi connectivity index (χ4n) is 4.71. The number of aromatic hydroxyl groups is 1. The summed E-state index contributed by atoms with van der Waals surface area (Å²) < 4.78 is 45.5. The number of carbonyl (C=O) groups is 1. The van der Waals surface area contributed by atoms with Crippen LogP contribution >= 0.6 is 0 Å². The van der Waals surface area contributed by atoms with Crippen molar-refractivity contribution < 1.29 is 27.4 Å². The first-order valence-electron chi connectivity index (χ1n) is 13.7. The number of phenolic OH excluding ortho intramolecular Hbond substituents is 1. The lowest BCUT2D eigenvalue weighted by atomic mass is 10.0. The topological polar surface area (TPSA) is 111 Å². The maximum absolute atomic E-state index is 14.5. The third kappa shape index (κ3) is 9.09. The zero-order chi connectivity index (χ0) is 29.4. The molecule has 3 N–H and O–H groups in total. The van der Waals surface area contributed by atoms with Gasteiger partial charge in [-0.2, -0.15) is 0 Å². The van der Waals surface area contributed by atoms with Crippen molar-refractivity contribution in [1.29, 1.82) is 0 Å². The summed E-state index contributed by atoms with van der Waals surface area (Å²) >= 11 is 0. The van der Waals surface area contributed by atoms with Gasteiger partial charge < -0.3 is 15.2 Å². The summed E-state index contributed by atoms with van der Waals surface area (Å²) in [4.78, 5) is 16.8. The van der Waals surface area contributed by atoms with E-state index in [1.165, 1.54) is 23.1 Å². The van der Waals surface area contributed by atoms with Gasteiger partial charge in [-0.15, -0.1) is 0 Å². The molecule has 1 saturated heterocycles. The summed E-state index contributed by atoms with van der Waals surface area (Å²) in [5.74, 6) is 0.651. The number of benzene rings is 3. The number of carbonyl (C=O) groups excluding carboxylic acids is 1. The van der Waals surface area contributed by atoms with Crippen LogP contribution in [0.15, 0.2) is 66.7 Å². The molecule has 3 aromatic rings.